The molecule has 63 heavy (non-hydrogen) atoms. The summed E-state index contributed by atoms with van der Waals surface area (Å²) in [6, 6.07) is 27.0. The SMILES string of the molecule is CCC1(COCCCCCCOc2ccc(COOc3ccc4c(c3)C(C)(C)c3cc(OC(=O)c5ccc(OCCCCCCOCC6(CC)COC6)cc5)ccc3-4)cc2)COC1. The molecule has 2 heterocycles. The van der Waals surface area contributed by atoms with Crippen molar-refractivity contribution in [2.75, 3.05) is 66.1 Å². The lowest BCUT2D eigenvalue weighted by Crippen LogP contribution is -2.45. The van der Waals surface area contributed by atoms with Gasteiger partial charge >= 0.3 is 5.97 Å². The van der Waals surface area contributed by atoms with Crippen LogP contribution in [0.15, 0.2) is 84.9 Å². The Hall–Kier alpha value is -4.45. The zero-order valence-corrected chi connectivity index (χ0v) is 38.0. The molecular formula is C53H68O10. The van der Waals surface area contributed by atoms with Crippen LogP contribution in [0, 0.1) is 10.8 Å². The van der Waals surface area contributed by atoms with Crippen molar-refractivity contribution in [1.29, 1.82) is 0 Å². The highest BCUT2D eigenvalue weighted by Crippen LogP contribution is 2.50. The fourth-order valence-electron chi connectivity index (χ4n) is 8.35. The lowest BCUT2D eigenvalue weighted by atomic mass is 9.82. The average Bonchev–Trinajstić information content (AvgIpc) is 3.49. The van der Waals surface area contributed by atoms with Gasteiger partial charge in [0.1, 0.15) is 23.9 Å². The average molecular weight is 865 g/mol. The molecule has 0 atom stereocenters. The van der Waals surface area contributed by atoms with E-state index < -0.39 is 5.97 Å². The minimum absolute atomic E-state index is 0.251. The molecule has 10 nitrogen and oxygen atoms in total. The van der Waals surface area contributed by atoms with E-state index in [1.807, 2.05) is 66.7 Å². The zero-order chi connectivity index (χ0) is 44.0. The van der Waals surface area contributed by atoms with Gasteiger partial charge in [-0.1, -0.05) is 64.8 Å². The lowest BCUT2D eigenvalue weighted by Gasteiger charge is -2.40. The topological polar surface area (TPSA) is 100 Å². The summed E-state index contributed by atoms with van der Waals surface area (Å²) in [5, 5.41) is 0. The van der Waals surface area contributed by atoms with Gasteiger partial charge < -0.3 is 38.0 Å². The van der Waals surface area contributed by atoms with Crippen LogP contribution in [0.25, 0.3) is 11.1 Å². The lowest BCUT2D eigenvalue weighted by molar-refractivity contribution is -0.217. The number of unbranched alkanes of at least 4 members (excludes halogenated alkanes) is 6. The zero-order valence-electron chi connectivity index (χ0n) is 38.0. The molecule has 3 aliphatic rings. The molecule has 0 aromatic heterocycles. The number of ether oxygens (including phenoxy) is 7. The van der Waals surface area contributed by atoms with Crippen molar-refractivity contribution in [2.45, 2.75) is 104 Å². The van der Waals surface area contributed by atoms with Crippen LogP contribution >= 0.6 is 0 Å². The van der Waals surface area contributed by atoms with Crippen LogP contribution < -0.4 is 19.1 Å². The van der Waals surface area contributed by atoms with Crippen molar-refractivity contribution >= 4 is 5.97 Å². The number of fused-ring (bicyclic) bond motifs is 3. The first-order valence-corrected chi connectivity index (χ1v) is 23.3. The van der Waals surface area contributed by atoms with E-state index >= 15 is 0 Å². The van der Waals surface area contributed by atoms with Crippen LogP contribution in [-0.4, -0.2) is 72.0 Å². The Balaban J connectivity index is 0.779. The molecule has 10 heteroatoms. The fourth-order valence-corrected chi connectivity index (χ4v) is 8.35. The van der Waals surface area contributed by atoms with Crippen molar-refractivity contribution < 1.29 is 47.7 Å². The molecule has 2 saturated heterocycles. The number of hydrogen-bond acceptors (Lipinski definition) is 10. The highest BCUT2D eigenvalue weighted by molar-refractivity contribution is 5.91. The maximum atomic E-state index is 13.2. The third-order valence-electron chi connectivity index (χ3n) is 13.1. The molecule has 0 N–H and O–H groups in total. The van der Waals surface area contributed by atoms with Gasteiger partial charge in [0, 0.05) is 29.5 Å². The molecule has 1 aliphatic carbocycles. The Morgan fingerprint density at radius 2 is 1.02 bits per heavy atom. The largest absolute Gasteiger partial charge is 0.494 e. The molecule has 4 aromatic carbocycles. The second kappa shape index (κ2) is 22.4. The summed E-state index contributed by atoms with van der Waals surface area (Å²) in [4.78, 5) is 24.6. The number of benzene rings is 4. The Kier molecular flexibility index (Phi) is 16.6. The van der Waals surface area contributed by atoms with Gasteiger partial charge in [-0.2, -0.15) is 4.89 Å². The van der Waals surface area contributed by atoms with Crippen molar-refractivity contribution in [2.24, 2.45) is 10.8 Å². The number of carbonyl (C=O) groups is 1. The first kappa shape index (κ1) is 46.5. The molecule has 2 aliphatic heterocycles. The summed E-state index contributed by atoms with van der Waals surface area (Å²) in [6.07, 6.45) is 10.8. The van der Waals surface area contributed by atoms with E-state index in [9.17, 15) is 4.79 Å². The molecule has 0 amide bonds. The fraction of sp³-hybridized carbons (Fsp3) is 0.528. The standard InChI is InChI=1S/C53H68O10/c1-5-52(36-57-37-52)34-55-27-11-7-9-13-29-59-42-19-15-40(16-20-42)33-61-63-45-24-26-47-46-25-23-44(31-48(46)51(3,4)49(47)32-45)62-50(54)41-17-21-43(22-18-41)60-30-14-10-8-12-28-56-35-53(6-2)38-58-39-53/h15-26,31-32H,5-14,27-30,33-39H2,1-4H3. The summed E-state index contributed by atoms with van der Waals surface area (Å²) in [6.45, 7) is 17.0. The normalized spacial score (nSPS) is 16.3. The Labute approximate surface area is 374 Å². The smallest absolute Gasteiger partial charge is 0.343 e. The molecule has 0 spiro atoms. The van der Waals surface area contributed by atoms with Crippen molar-refractivity contribution in [3.05, 3.63) is 107 Å². The van der Waals surface area contributed by atoms with Gasteiger partial charge in [0.2, 0.25) is 0 Å². The third kappa shape index (κ3) is 12.4. The second-order valence-corrected chi connectivity index (χ2v) is 18.3. The summed E-state index contributed by atoms with van der Waals surface area (Å²) in [5.41, 5.74) is 6.04. The molecule has 340 valence electrons. The van der Waals surface area contributed by atoms with Gasteiger partial charge in [0.25, 0.3) is 0 Å². The minimum atomic E-state index is -0.412. The molecule has 4 aromatic rings. The first-order valence-electron chi connectivity index (χ1n) is 23.3. The van der Waals surface area contributed by atoms with Crippen LogP contribution in [-0.2, 0) is 35.9 Å². The second-order valence-electron chi connectivity index (χ2n) is 18.3. The van der Waals surface area contributed by atoms with Crippen molar-refractivity contribution in [3.8, 4) is 34.1 Å². The molecule has 0 saturated carbocycles. The predicted molar refractivity (Wildman–Crippen MR) is 244 cm³/mol. The maximum absolute atomic E-state index is 13.2. The highest BCUT2D eigenvalue weighted by Gasteiger charge is 2.38. The molecule has 7 rings (SSSR count). The Morgan fingerprint density at radius 3 is 1.51 bits per heavy atom. The van der Waals surface area contributed by atoms with Crippen LogP contribution in [0.3, 0.4) is 0 Å². The van der Waals surface area contributed by atoms with E-state index in [2.05, 4.69) is 33.8 Å². The summed E-state index contributed by atoms with van der Waals surface area (Å²) >= 11 is 0. The summed E-state index contributed by atoms with van der Waals surface area (Å²) in [7, 11) is 0. The maximum Gasteiger partial charge on any atom is 0.343 e. The van der Waals surface area contributed by atoms with E-state index in [0.717, 1.165) is 156 Å². The van der Waals surface area contributed by atoms with Gasteiger partial charge in [-0.15, -0.1) is 0 Å². The van der Waals surface area contributed by atoms with Gasteiger partial charge in [-0.3, -0.25) is 0 Å². The summed E-state index contributed by atoms with van der Waals surface area (Å²) in [5.74, 6) is 2.30. The molecule has 2 fully saturated rings. The van der Waals surface area contributed by atoms with E-state index in [-0.39, 0.29) is 16.2 Å². The van der Waals surface area contributed by atoms with Crippen LogP contribution in [0.1, 0.15) is 119 Å². The predicted octanol–water partition coefficient (Wildman–Crippen LogP) is 11.5. The minimum Gasteiger partial charge on any atom is -0.494 e. The Morgan fingerprint density at radius 1 is 0.556 bits per heavy atom. The van der Waals surface area contributed by atoms with E-state index in [1.165, 1.54) is 0 Å². The molecular weight excluding hydrogens is 797 g/mol. The highest BCUT2D eigenvalue weighted by atomic mass is 17.2. The van der Waals surface area contributed by atoms with Crippen LogP contribution in [0.5, 0.6) is 23.0 Å². The van der Waals surface area contributed by atoms with Crippen LogP contribution in [0.2, 0.25) is 0 Å². The summed E-state index contributed by atoms with van der Waals surface area (Å²) < 4.78 is 40.3. The van der Waals surface area contributed by atoms with Crippen LogP contribution in [0.4, 0.5) is 0 Å². The number of hydrogen-bond donors (Lipinski definition) is 0. The van der Waals surface area contributed by atoms with Gasteiger partial charge in [0.15, 0.2) is 5.75 Å². The monoisotopic (exact) mass is 864 g/mol. The molecule has 0 radical (unpaired) electrons. The van der Waals surface area contributed by atoms with Crippen molar-refractivity contribution in [3.63, 3.8) is 0 Å². The number of rotatable bonds is 28. The van der Waals surface area contributed by atoms with Gasteiger partial charge in [-0.05, 0) is 140 Å². The first-order chi connectivity index (χ1) is 30.7. The number of esters is 1. The molecule has 0 unspecified atom stereocenters. The quantitative estimate of drug-likeness (QED) is 0.0180. The van der Waals surface area contributed by atoms with Gasteiger partial charge in [-0.25, -0.2) is 4.79 Å². The van der Waals surface area contributed by atoms with E-state index in [0.29, 0.717) is 36.9 Å². The third-order valence-corrected chi connectivity index (χ3v) is 13.1. The van der Waals surface area contributed by atoms with Gasteiger partial charge in [0.05, 0.1) is 58.4 Å². The molecule has 0 bridgehead atoms. The Bertz CT molecular complexity index is 2020. The van der Waals surface area contributed by atoms with E-state index in [1.54, 1.807) is 12.1 Å². The van der Waals surface area contributed by atoms with E-state index in [4.69, 9.17) is 42.9 Å². The number of carbonyl (C=O) groups excluding carboxylic acids is 1. The van der Waals surface area contributed by atoms with Crippen molar-refractivity contribution in [1.82, 2.24) is 0 Å².